The highest BCUT2D eigenvalue weighted by Crippen LogP contribution is 2.14. The summed E-state index contributed by atoms with van der Waals surface area (Å²) >= 11 is 0. The van der Waals surface area contributed by atoms with Crippen molar-refractivity contribution < 1.29 is 9.53 Å². The van der Waals surface area contributed by atoms with Crippen molar-refractivity contribution in [1.82, 2.24) is 5.43 Å². The maximum Gasteiger partial charge on any atom is 0.259 e. The molecule has 0 aliphatic heterocycles. The predicted octanol–water partition coefficient (Wildman–Crippen LogP) is 3.23. The maximum atomic E-state index is 11.8. The van der Waals surface area contributed by atoms with Gasteiger partial charge >= 0.3 is 0 Å². The minimum absolute atomic E-state index is 0.168. The van der Waals surface area contributed by atoms with Crippen LogP contribution in [0.1, 0.15) is 18.9 Å². The second-order valence-corrected chi connectivity index (χ2v) is 5.45. The van der Waals surface area contributed by atoms with Crippen LogP contribution < -0.4 is 15.5 Å². The van der Waals surface area contributed by atoms with E-state index < -0.39 is 0 Å². The first-order valence-electron chi connectivity index (χ1n) is 7.91. The Morgan fingerprint density at radius 2 is 1.79 bits per heavy atom. The van der Waals surface area contributed by atoms with Crippen LogP contribution in [0.25, 0.3) is 0 Å². The molecule has 0 bridgehead atoms. The van der Waals surface area contributed by atoms with Gasteiger partial charge in [-0.1, -0.05) is 30.3 Å². The number of amides is 1. The van der Waals surface area contributed by atoms with Gasteiger partial charge in [-0.05, 0) is 49.6 Å². The average molecular weight is 325 g/mol. The lowest BCUT2D eigenvalue weighted by Crippen LogP contribution is -2.26. The van der Waals surface area contributed by atoms with Crippen molar-refractivity contribution in [2.75, 3.05) is 19.0 Å². The highest BCUT2D eigenvalue weighted by Gasteiger charge is 2.01. The van der Waals surface area contributed by atoms with Crippen LogP contribution in [0, 0.1) is 0 Å². The first-order chi connectivity index (χ1) is 11.7. The van der Waals surface area contributed by atoms with E-state index >= 15 is 0 Å². The first-order valence-corrected chi connectivity index (χ1v) is 7.91. The Labute approximate surface area is 142 Å². The Hall–Kier alpha value is -2.82. The number of hydrogen-bond acceptors (Lipinski definition) is 4. The van der Waals surface area contributed by atoms with Crippen molar-refractivity contribution in [3.8, 4) is 5.75 Å². The fourth-order valence-corrected chi connectivity index (χ4v) is 2.11. The van der Waals surface area contributed by atoms with Gasteiger partial charge in [0, 0.05) is 11.4 Å². The number of rotatable bonds is 8. The van der Waals surface area contributed by atoms with Gasteiger partial charge < -0.3 is 10.1 Å². The smallest absolute Gasteiger partial charge is 0.259 e. The number of carbonyl (C=O) groups is 1. The molecule has 2 aromatic rings. The Balaban J connectivity index is 1.71. The lowest BCUT2D eigenvalue weighted by atomic mass is 10.1. The highest BCUT2D eigenvalue weighted by molar-refractivity contribution is 5.85. The molecule has 0 heterocycles. The zero-order valence-electron chi connectivity index (χ0n) is 14.1. The summed E-state index contributed by atoms with van der Waals surface area (Å²) < 4.78 is 5.09. The molecule has 0 saturated heterocycles. The molecule has 0 aliphatic rings. The molecule has 1 amide bonds. The van der Waals surface area contributed by atoms with Crippen LogP contribution >= 0.6 is 0 Å². The van der Waals surface area contributed by atoms with E-state index in [2.05, 4.69) is 28.0 Å². The highest BCUT2D eigenvalue weighted by atomic mass is 16.5. The molecule has 0 spiro atoms. The SMILES string of the molecule is COc1ccc(NCC(=O)N/N=C(/C)CCc2ccccc2)cc1. The van der Waals surface area contributed by atoms with Crippen LogP contribution in [0.4, 0.5) is 5.69 Å². The molecule has 0 aromatic heterocycles. The summed E-state index contributed by atoms with van der Waals surface area (Å²) in [5.74, 6) is 0.605. The number of nitrogens with one attached hydrogen (secondary N) is 2. The summed E-state index contributed by atoms with van der Waals surface area (Å²) in [6.07, 6.45) is 1.73. The van der Waals surface area contributed by atoms with Gasteiger partial charge in [0.1, 0.15) is 5.75 Å². The minimum atomic E-state index is -0.176. The molecule has 0 fully saturated rings. The molecule has 0 atom stereocenters. The van der Waals surface area contributed by atoms with E-state index in [-0.39, 0.29) is 12.5 Å². The van der Waals surface area contributed by atoms with E-state index in [1.54, 1.807) is 7.11 Å². The summed E-state index contributed by atoms with van der Waals surface area (Å²) in [5.41, 5.74) is 5.59. The maximum absolute atomic E-state index is 11.8. The largest absolute Gasteiger partial charge is 0.497 e. The normalized spacial score (nSPS) is 11.0. The molecule has 2 rings (SSSR count). The fraction of sp³-hybridized carbons (Fsp3) is 0.263. The summed E-state index contributed by atoms with van der Waals surface area (Å²) in [6.45, 7) is 2.09. The van der Waals surface area contributed by atoms with Crippen LogP contribution in [0.15, 0.2) is 59.7 Å². The average Bonchev–Trinajstić information content (AvgIpc) is 2.64. The third-order valence-electron chi connectivity index (χ3n) is 3.53. The number of benzene rings is 2. The number of anilines is 1. The van der Waals surface area contributed by atoms with Crippen LogP contribution in [0.5, 0.6) is 5.75 Å². The topological polar surface area (TPSA) is 62.7 Å². The van der Waals surface area contributed by atoms with E-state index in [4.69, 9.17) is 4.74 Å². The van der Waals surface area contributed by atoms with Gasteiger partial charge in [-0.3, -0.25) is 4.79 Å². The zero-order valence-corrected chi connectivity index (χ0v) is 14.1. The van der Waals surface area contributed by atoms with E-state index in [1.807, 2.05) is 49.4 Å². The molecule has 5 nitrogen and oxygen atoms in total. The zero-order chi connectivity index (χ0) is 17.2. The van der Waals surface area contributed by atoms with Crippen molar-refractivity contribution in [3.63, 3.8) is 0 Å². The van der Waals surface area contributed by atoms with Gasteiger partial charge in [0.05, 0.1) is 13.7 Å². The first kappa shape index (κ1) is 17.5. The van der Waals surface area contributed by atoms with E-state index in [1.165, 1.54) is 5.56 Å². The summed E-state index contributed by atoms with van der Waals surface area (Å²) in [7, 11) is 1.62. The van der Waals surface area contributed by atoms with Crippen LogP contribution in [0.3, 0.4) is 0 Å². The number of aryl methyl sites for hydroxylation is 1. The van der Waals surface area contributed by atoms with Crippen molar-refractivity contribution in [1.29, 1.82) is 0 Å². The molecular formula is C19H23N3O2. The minimum Gasteiger partial charge on any atom is -0.497 e. The van der Waals surface area contributed by atoms with Crippen molar-refractivity contribution in [2.24, 2.45) is 5.10 Å². The molecule has 126 valence electrons. The molecule has 5 heteroatoms. The number of nitrogens with zero attached hydrogens (tertiary/aromatic N) is 1. The van der Waals surface area contributed by atoms with Gasteiger partial charge in [0.2, 0.25) is 0 Å². The van der Waals surface area contributed by atoms with E-state index in [9.17, 15) is 4.79 Å². The van der Waals surface area contributed by atoms with Gasteiger partial charge in [-0.25, -0.2) is 5.43 Å². The van der Waals surface area contributed by atoms with Crippen LogP contribution in [0.2, 0.25) is 0 Å². The Bertz CT molecular complexity index is 667. The Kier molecular flexibility index (Phi) is 6.83. The number of carbonyl (C=O) groups excluding carboxylic acids is 1. The van der Waals surface area contributed by atoms with Crippen LogP contribution in [-0.4, -0.2) is 25.3 Å². The number of hydrazone groups is 1. The summed E-state index contributed by atoms with van der Waals surface area (Å²) in [5, 5.41) is 7.18. The van der Waals surface area contributed by atoms with E-state index in [0.717, 1.165) is 30.0 Å². The molecule has 2 aromatic carbocycles. The number of methoxy groups -OCH3 is 1. The summed E-state index contributed by atoms with van der Waals surface area (Å²) in [4.78, 5) is 11.8. The third kappa shape index (κ3) is 6.12. The van der Waals surface area contributed by atoms with Gasteiger partial charge in [-0.2, -0.15) is 5.10 Å². The predicted molar refractivity (Wildman–Crippen MR) is 97.5 cm³/mol. The van der Waals surface area contributed by atoms with Crippen molar-refractivity contribution in [3.05, 3.63) is 60.2 Å². The fourth-order valence-electron chi connectivity index (χ4n) is 2.11. The number of ether oxygens (including phenoxy) is 1. The standard InChI is InChI=1S/C19H23N3O2/c1-15(8-9-16-6-4-3-5-7-16)21-22-19(23)14-20-17-10-12-18(24-2)13-11-17/h3-7,10-13,20H,8-9,14H2,1-2H3,(H,22,23)/b21-15-. The molecule has 24 heavy (non-hydrogen) atoms. The quantitative estimate of drug-likeness (QED) is 0.578. The lowest BCUT2D eigenvalue weighted by Gasteiger charge is -2.07. The third-order valence-corrected chi connectivity index (χ3v) is 3.53. The van der Waals surface area contributed by atoms with Gasteiger partial charge in [0.25, 0.3) is 5.91 Å². The van der Waals surface area contributed by atoms with Crippen molar-refractivity contribution >= 4 is 17.3 Å². The number of hydrogen-bond donors (Lipinski definition) is 2. The van der Waals surface area contributed by atoms with Gasteiger partial charge in [0.15, 0.2) is 0 Å². The van der Waals surface area contributed by atoms with E-state index in [0.29, 0.717) is 0 Å². The summed E-state index contributed by atoms with van der Waals surface area (Å²) in [6, 6.07) is 17.6. The Morgan fingerprint density at radius 1 is 1.08 bits per heavy atom. The molecule has 0 unspecified atom stereocenters. The second kappa shape index (κ2) is 9.35. The molecular weight excluding hydrogens is 302 g/mol. The molecule has 2 N–H and O–H groups in total. The lowest BCUT2D eigenvalue weighted by molar-refractivity contribution is -0.119. The Morgan fingerprint density at radius 3 is 2.46 bits per heavy atom. The monoisotopic (exact) mass is 325 g/mol. The van der Waals surface area contributed by atoms with Gasteiger partial charge in [-0.15, -0.1) is 0 Å². The van der Waals surface area contributed by atoms with Crippen LogP contribution in [-0.2, 0) is 11.2 Å². The second-order valence-electron chi connectivity index (χ2n) is 5.45. The molecule has 0 radical (unpaired) electrons. The van der Waals surface area contributed by atoms with Crippen molar-refractivity contribution in [2.45, 2.75) is 19.8 Å². The molecule has 0 aliphatic carbocycles. The molecule has 0 saturated carbocycles.